The number of carbonyl (C=O) groups excluding carboxylic acids is 1. The van der Waals surface area contributed by atoms with Crippen LogP contribution < -0.4 is 10.7 Å². The SMILES string of the molecule is CCCc1cc(C(=O)NC2=C(C)N(Cc3ccccc3C)N[C@@H]2C)no1. The summed E-state index contributed by atoms with van der Waals surface area (Å²) in [6.07, 6.45) is 1.74. The van der Waals surface area contributed by atoms with Crippen molar-refractivity contribution in [3.63, 3.8) is 0 Å². The quantitative estimate of drug-likeness (QED) is 0.833. The van der Waals surface area contributed by atoms with E-state index >= 15 is 0 Å². The second-order valence-electron chi connectivity index (χ2n) is 6.75. The summed E-state index contributed by atoms with van der Waals surface area (Å²) < 4.78 is 5.20. The molecule has 0 spiro atoms. The molecule has 1 aromatic carbocycles. The van der Waals surface area contributed by atoms with Gasteiger partial charge >= 0.3 is 0 Å². The number of benzene rings is 1. The number of amides is 1. The number of hydrogen-bond donors (Lipinski definition) is 2. The first kappa shape index (κ1) is 18.2. The summed E-state index contributed by atoms with van der Waals surface area (Å²) >= 11 is 0. The van der Waals surface area contributed by atoms with Crippen LogP contribution in [0.25, 0.3) is 0 Å². The Morgan fingerprint density at radius 3 is 2.85 bits per heavy atom. The lowest BCUT2D eigenvalue weighted by Gasteiger charge is -2.22. The number of nitrogens with one attached hydrogen (secondary N) is 2. The summed E-state index contributed by atoms with van der Waals surface area (Å²) in [4.78, 5) is 12.5. The maximum absolute atomic E-state index is 12.5. The van der Waals surface area contributed by atoms with Gasteiger partial charge in [-0.25, -0.2) is 5.43 Å². The minimum atomic E-state index is -0.239. The molecule has 6 heteroatoms. The van der Waals surface area contributed by atoms with Gasteiger partial charge in [0.15, 0.2) is 5.69 Å². The van der Waals surface area contributed by atoms with Gasteiger partial charge in [-0.3, -0.25) is 4.79 Å². The Bertz CT molecular complexity index is 825. The molecule has 0 bridgehead atoms. The average molecular weight is 354 g/mol. The molecule has 6 nitrogen and oxygen atoms in total. The number of aromatic nitrogens is 1. The number of nitrogens with zero attached hydrogens (tertiary/aromatic N) is 2. The van der Waals surface area contributed by atoms with Gasteiger partial charge in [0.05, 0.1) is 18.3 Å². The predicted molar refractivity (Wildman–Crippen MR) is 100.0 cm³/mol. The summed E-state index contributed by atoms with van der Waals surface area (Å²) in [5.74, 6) is 0.499. The minimum Gasteiger partial charge on any atom is -0.361 e. The highest BCUT2D eigenvalue weighted by Crippen LogP contribution is 2.22. The first-order valence-corrected chi connectivity index (χ1v) is 9.05. The van der Waals surface area contributed by atoms with Gasteiger partial charge in [-0.2, -0.15) is 0 Å². The third-order valence-corrected chi connectivity index (χ3v) is 4.70. The van der Waals surface area contributed by atoms with Gasteiger partial charge in [-0.05, 0) is 38.3 Å². The van der Waals surface area contributed by atoms with E-state index < -0.39 is 0 Å². The number of rotatable bonds is 6. The monoisotopic (exact) mass is 354 g/mol. The lowest BCUT2D eigenvalue weighted by molar-refractivity contribution is 0.0954. The fourth-order valence-corrected chi connectivity index (χ4v) is 3.15. The zero-order valence-corrected chi connectivity index (χ0v) is 15.8. The Kier molecular flexibility index (Phi) is 5.42. The lowest BCUT2D eigenvalue weighted by atomic mass is 10.1. The van der Waals surface area contributed by atoms with Crippen molar-refractivity contribution in [3.8, 4) is 0 Å². The molecule has 0 unspecified atom stereocenters. The highest BCUT2D eigenvalue weighted by molar-refractivity contribution is 5.93. The topological polar surface area (TPSA) is 70.4 Å². The van der Waals surface area contributed by atoms with Crippen LogP contribution in [0, 0.1) is 6.92 Å². The van der Waals surface area contributed by atoms with Crippen LogP contribution in [-0.4, -0.2) is 22.1 Å². The molecule has 1 aliphatic rings. The molecule has 26 heavy (non-hydrogen) atoms. The van der Waals surface area contributed by atoms with E-state index in [1.165, 1.54) is 11.1 Å². The van der Waals surface area contributed by atoms with Crippen LogP contribution in [-0.2, 0) is 13.0 Å². The molecule has 1 amide bonds. The fraction of sp³-hybridized carbons (Fsp3) is 0.400. The van der Waals surface area contributed by atoms with E-state index in [1.54, 1.807) is 6.07 Å². The van der Waals surface area contributed by atoms with E-state index in [0.717, 1.165) is 36.5 Å². The molecule has 3 rings (SSSR count). The first-order valence-electron chi connectivity index (χ1n) is 9.05. The van der Waals surface area contributed by atoms with Crippen molar-refractivity contribution in [3.05, 3.63) is 64.3 Å². The van der Waals surface area contributed by atoms with Crippen molar-refractivity contribution in [2.24, 2.45) is 0 Å². The van der Waals surface area contributed by atoms with Gasteiger partial charge in [0, 0.05) is 18.2 Å². The number of allylic oxidation sites excluding steroid dienone is 1. The smallest absolute Gasteiger partial charge is 0.277 e. The van der Waals surface area contributed by atoms with Gasteiger partial charge < -0.3 is 14.8 Å². The molecule has 1 atom stereocenters. The predicted octanol–water partition coefficient (Wildman–Crippen LogP) is 3.31. The molecule has 0 saturated heterocycles. The van der Waals surface area contributed by atoms with Crippen molar-refractivity contribution >= 4 is 5.91 Å². The minimum absolute atomic E-state index is 0.0185. The van der Waals surface area contributed by atoms with Crippen molar-refractivity contribution in [2.45, 2.75) is 53.1 Å². The summed E-state index contributed by atoms with van der Waals surface area (Å²) in [5, 5.41) is 8.95. The Balaban J connectivity index is 1.72. The van der Waals surface area contributed by atoms with Gasteiger partial charge in [-0.15, -0.1) is 0 Å². The molecule has 2 N–H and O–H groups in total. The number of carbonyl (C=O) groups is 1. The zero-order chi connectivity index (χ0) is 18.7. The average Bonchev–Trinajstić information content (AvgIpc) is 3.18. The number of hydrogen-bond acceptors (Lipinski definition) is 5. The normalized spacial score (nSPS) is 17.1. The van der Waals surface area contributed by atoms with Crippen LogP contribution in [0.1, 0.15) is 54.6 Å². The van der Waals surface area contributed by atoms with Crippen LogP contribution in [0.15, 0.2) is 46.2 Å². The Morgan fingerprint density at radius 2 is 2.12 bits per heavy atom. The summed E-state index contributed by atoms with van der Waals surface area (Å²) in [6.45, 7) is 8.95. The van der Waals surface area contributed by atoms with Crippen LogP contribution in [0.3, 0.4) is 0 Å². The second-order valence-corrected chi connectivity index (χ2v) is 6.75. The number of hydrazine groups is 1. The van der Waals surface area contributed by atoms with Crippen molar-refractivity contribution < 1.29 is 9.32 Å². The second kappa shape index (κ2) is 7.74. The standard InChI is InChI=1S/C20H26N4O2/c1-5-8-17-11-18(23-26-17)20(25)21-19-14(3)22-24(15(19)4)12-16-10-7-6-9-13(16)2/h6-7,9-11,14,22H,5,8,12H2,1-4H3,(H,21,25)/t14-/m1/s1. The first-order chi connectivity index (χ1) is 12.5. The van der Waals surface area contributed by atoms with Crippen molar-refractivity contribution in [1.29, 1.82) is 0 Å². The summed E-state index contributed by atoms with van der Waals surface area (Å²) in [7, 11) is 0. The lowest BCUT2D eigenvalue weighted by Crippen LogP contribution is -2.37. The highest BCUT2D eigenvalue weighted by atomic mass is 16.5. The molecule has 0 radical (unpaired) electrons. The van der Waals surface area contributed by atoms with E-state index in [1.807, 2.05) is 26.0 Å². The number of aryl methyl sites for hydroxylation is 2. The van der Waals surface area contributed by atoms with Crippen molar-refractivity contribution in [1.82, 2.24) is 20.9 Å². The molecule has 138 valence electrons. The largest absolute Gasteiger partial charge is 0.361 e. The molecule has 0 aliphatic carbocycles. The van der Waals surface area contributed by atoms with Crippen LogP contribution in [0.5, 0.6) is 0 Å². The van der Waals surface area contributed by atoms with Gasteiger partial charge in [0.1, 0.15) is 5.76 Å². The van der Waals surface area contributed by atoms with Gasteiger partial charge in [-0.1, -0.05) is 36.3 Å². The van der Waals surface area contributed by atoms with Crippen LogP contribution in [0.4, 0.5) is 0 Å². The maximum Gasteiger partial charge on any atom is 0.277 e. The van der Waals surface area contributed by atoms with Crippen molar-refractivity contribution in [2.75, 3.05) is 0 Å². The third kappa shape index (κ3) is 3.80. The van der Waals surface area contributed by atoms with Crippen LogP contribution >= 0.6 is 0 Å². The Labute approximate surface area is 154 Å². The fourth-order valence-electron chi connectivity index (χ4n) is 3.15. The summed E-state index contributed by atoms with van der Waals surface area (Å²) in [5.41, 5.74) is 8.10. The van der Waals surface area contributed by atoms with E-state index in [0.29, 0.717) is 5.69 Å². The molecule has 0 fully saturated rings. The highest BCUT2D eigenvalue weighted by Gasteiger charge is 2.28. The van der Waals surface area contributed by atoms with E-state index in [2.05, 4.69) is 46.9 Å². The van der Waals surface area contributed by atoms with Gasteiger partial charge in [0.25, 0.3) is 5.91 Å². The Hall–Kier alpha value is -2.60. The van der Waals surface area contributed by atoms with E-state index in [4.69, 9.17) is 4.52 Å². The summed E-state index contributed by atoms with van der Waals surface area (Å²) in [6, 6.07) is 10.0. The van der Waals surface area contributed by atoms with E-state index in [9.17, 15) is 4.79 Å². The molecule has 2 aromatic rings. The van der Waals surface area contributed by atoms with Gasteiger partial charge in [0.2, 0.25) is 0 Å². The maximum atomic E-state index is 12.5. The molecule has 2 heterocycles. The third-order valence-electron chi connectivity index (χ3n) is 4.70. The van der Waals surface area contributed by atoms with Crippen LogP contribution in [0.2, 0.25) is 0 Å². The molecule has 1 aromatic heterocycles. The molecule has 0 saturated carbocycles. The molecule has 1 aliphatic heterocycles. The molecular formula is C20H26N4O2. The Morgan fingerprint density at radius 1 is 1.35 bits per heavy atom. The molecular weight excluding hydrogens is 328 g/mol. The van der Waals surface area contributed by atoms with E-state index in [-0.39, 0.29) is 11.9 Å². The zero-order valence-electron chi connectivity index (χ0n) is 15.8.